The molecule has 126 valence electrons. The number of hydrogen-bond donors (Lipinski definition) is 2. The molecule has 0 unspecified atom stereocenters. The monoisotopic (exact) mass is 363 g/mol. The molecule has 5 nitrogen and oxygen atoms in total. The van der Waals surface area contributed by atoms with E-state index in [1.165, 1.54) is 0 Å². The quantitative estimate of drug-likeness (QED) is 0.467. The second-order valence-electron chi connectivity index (χ2n) is 4.98. The first kappa shape index (κ1) is 18.0. The van der Waals surface area contributed by atoms with Gasteiger partial charge in [0.05, 0.1) is 18.3 Å². The smallest absolute Gasteiger partial charge is 0.184 e. The summed E-state index contributed by atoms with van der Waals surface area (Å²) in [7, 11) is 1.56. The van der Waals surface area contributed by atoms with Gasteiger partial charge < -0.3 is 15.2 Å². The van der Waals surface area contributed by atoms with E-state index < -0.39 is 0 Å². The molecule has 0 aliphatic carbocycles. The van der Waals surface area contributed by atoms with Gasteiger partial charge in [-0.25, -0.2) is 0 Å². The van der Waals surface area contributed by atoms with Gasteiger partial charge in [0.1, 0.15) is 6.61 Å². The van der Waals surface area contributed by atoms with E-state index in [0.29, 0.717) is 23.1 Å². The highest BCUT2D eigenvalue weighted by Gasteiger charge is 2.12. The SMILES string of the molecule is COc1cc(/C=N\NC(N)=S)cc(Cl)c1OCc1ccccc1C. The number of benzene rings is 2. The number of rotatable bonds is 6. The van der Waals surface area contributed by atoms with E-state index in [9.17, 15) is 0 Å². The first-order chi connectivity index (χ1) is 11.5. The molecule has 0 bridgehead atoms. The Morgan fingerprint density at radius 3 is 2.79 bits per heavy atom. The Morgan fingerprint density at radius 2 is 2.12 bits per heavy atom. The molecule has 0 saturated heterocycles. The zero-order valence-electron chi connectivity index (χ0n) is 13.4. The van der Waals surface area contributed by atoms with Gasteiger partial charge in [-0.3, -0.25) is 5.43 Å². The maximum Gasteiger partial charge on any atom is 0.184 e. The number of thiocarbonyl (C=S) groups is 1. The number of nitrogens with zero attached hydrogens (tertiary/aromatic N) is 1. The minimum absolute atomic E-state index is 0.0856. The van der Waals surface area contributed by atoms with Gasteiger partial charge in [-0.2, -0.15) is 5.10 Å². The van der Waals surface area contributed by atoms with Crippen molar-refractivity contribution in [1.29, 1.82) is 0 Å². The van der Waals surface area contributed by atoms with Crippen molar-refractivity contribution < 1.29 is 9.47 Å². The van der Waals surface area contributed by atoms with Gasteiger partial charge >= 0.3 is 0 Å². The standard InChI is InChI=1S/C17H18ClN3O2S/c1-11-5-3-4-6-13(11)10-23-16-14(18)7-12(8-15(16)22-2)9-20-21-17(19)24/h3-9H,10H2,1-2H3,(H3,19,21,24)/b20-9-. The van der Waals surface area contributed by atoms with Crippen molar-refractivity contribution in [2.75, 3.05) is 7.11 Å². The minimum Gasteiger partial charge on any atom is -0.493 e. The minimum atomic E-state index is 0.0856. The normalized spacial score (nSPS) is 10.6. The summed E-state index contributed by atoms with van der Waals surface area (Å²) in [6.45, 7) is 2.44. The summed E-state index contributed by atoms with van der Waals surface area (Å²) in [4.78, 5) is 0. The van der Waals surface area contributed by atoms with Gasteiger partial charge in [-0.05, 0) is 48.0 Å². The van der Waals surface area contributed by atoms with E-state index in [-0.39, 0.29) is 5.11 Å². The molecule has 24 heavy (non-hydrogen) atoms. The molecule has 0 amide bonds. The van der Waals surface area contributed by atoms with Crippen molar-refractivity contribution in [2.24, 2.45) is 10.8 Å². The van der Waals surface area contributed by atoms with Crippen LogP contribution in [-0.2, 0) is 6.61 Å². The number of nitrogens with one attached hydrogen (secondary N) is 1. The Morgan fingerprint density at radius 1 is 1.38 bits per heavy atom. The van der Waals surface area contributed by atoms with Gasteiger partial charge in [0.25, 0.3) is 0 Å². The third kappa shape index (κ3) is 4.84. The number of hydrogen-bond acceptors (Lipinski definition) is 4. The summed E-state index contributed by atoms with van der Waals surface area (Å²) in [5.41, 5.74) is 10.8. The molecule has 2 aromatic carbocycles. The topological polar surface area (TPSA) is 68.9 Å². The molecule has 0 aliphatic heterocycles. The Balaban J connectivity index is 2.19. The van der Waals surface area contributed by atoms with Crippen LogP contribution in [0.15, 0.2) is 41.5 Å². The van der Waals surface area contributed by atoms with Crippen molar-refractivity contribution in [1.82, 2.24) is 5.43 Å². The predicted molar refractivity (Wildman–Crippen MR) is 101 cm³/mol. The maximum atomic E-state index is 6.32. The lowest BCUT2D eigenvalue weighted by atomic mass is 10.1. The van der Waals surface area contributed by atoms with Gasteiger partial charge in [0, 0.05) is 0 Å². The van der Waals surface area contributed by atoms with Crippen LogP contribution in [-0.4, -0.2) is 18.4 Å². The fourth-order valence-electron chi connectivity index (χ4n) is 2.05. The second kappa shape index (κ2) is 8.52. The summed E-state index contributed by atoms with van der Waals surface area (Å²) in [6, 6.07) is 11.5. The third-order valence-corrected chi connectivity index (χ3v) is 3.65. The number of halogens is 1. The lowest BCUT2D eigenvalue weighted by Gasteiger charge is -2.14. The molecule has 0 atom stereocenters. The van der Waals surface area contributed by atoms with E-state index >= 15 is 0 Å². The van der Waals surface area contributed by atoms with Crippen molar-refractivity contribution >= 4 is 35.1 Å². The summed E-state index contributed by atoms with van der Waals surface area (Å²) < 4.78 is 11.2. The van der Waals surface area contributed by atoms with Gasteiger partial charge in [-0.1, -0.05) is 35.9 Å². The molecule has 0 spiro atoms. The molecular formula is C17H18ClN3O2S. The van der Waals surface area contributed by atoms with Crippen LogP contribution in [0.5, 0.6) is 11.5 Å². The molecule has 0 radical (unpaired) electrons. The zero-order chi connectivity index (χ0) is 17.5. The van der Waals surface area contributed by atoms with Crippen LogP contribution in [0.3, 0.4) is 0 Å². The highest BCUT2D eigenvalue weighted by Crippen LogP contribution is 2.36. The molecule has 0 heterocycles. The van der Waals surface area contributed by atoms with Crippen LogP contribution < -0.4 is 20.6 Å². The van der Waals surface area contributed by atoms with E-state index in [1.54, 1.807) is 25.5 Å². The third-order valence-electron chi connectivity index (χ3n) is 3.27. The average Bonchev–Trinajstić information content (AvgIpc) is 2.54. The molecule has 0 saturated carbocycles. The van der Waals surface area contributed by atoms with Crippen LogP contribution in [0.1, 0.15) is 16.7 Å². The molecule has 2 aromatic rings. The fraction of sp³-hybridized carbons (Fsp3) is 0.176. The Kier molecular flexibility index (Phi) is 6.40. The lowest BCUT2D eigenvalue weighted by Crippen LogP contribution is -2.23. The molecule has 3 N–H and O–H groups in total. The van der Waals surface area contributed by atoms with Crippen LogP contribution >= 0.6 is 23.8 Å². The van der Waals surface area contributed by atoms with Crippen molar-refractivity contribution in [3.63, 3.8) is 0 Å². The van der Waals surface area contributed by atoms with Crippen LogP contribution in [0.2, 0.25) is 5.02 Å². The zero-order valence-corrected chi connectivity index (χ0v) is 14.9. The lowest BCUT2D eigenvalue weighted by molar-refractivity contribution is 0.284. The highest BCUT2D eigenvalue weighted by molar-refractivity contribution is 7.80. The van der Waals surface area contributed by atoms with E-state index in [4.69, 9.17) is 26.8 Å². The maximum absolute atomic E-state index is 6.32. The molecule has 0 aliphatic rings. The van der Waals surface area contributed by atoms with Gasteiger partial charge in [0.15, 0.2) is 16.6 Å². The molecule has 2 rings (SSSR count). The number of hydrazone groups is 1. The summed E-state index contributed by atoms with van der Waals surface area (Å²) in [5.74, 6) is 1.01. The summed E-state index contributed by atoms with van der Waals surface area (Å²) in [6.07, 6.45) is 1.54. The first-order valence-electron chi connectivity index (χ1n) is 7.14. The average molecular weight is 364 g/mol. The summed E-state index contributed by atoms with van der Waals surface area (Å²) >= 11 is 11.0. The molecule has 7 heteroatoms. The Bertz CT molecular complexity index is 765. The van der Waals surface area contributed by atoms with E-state index in [2.05, 4.69) is 22.7 Å². The highest BCUT2D eigenvalue weighted by atomic mass is 35.5. The van der Waals surface area contributed by atoms with E-state index in [1.807, 2.05) is 31.2 Å². The van der Waals surface area contributed by atoms with Crippen molar-refractivity contribution in [3.05, 3.63) is 58.1 Å². The Hall–Kier alpha value is -2.31. The van der Waals surface area contributed by atoms with E-state index in [0.717, 1.165) is 16.7 Å². The first-order valence-corrected chi connectivity index (χ1v) is 7.93. The van der Waals surface area contributed by atoms with Crippen LogP contribution in [0.25, 0.3) is 0 Å². The van der Waals surface area contributed by atoms with Gasteiger partial charge in [0.2, 0.25) is 0 Å². The molecule has 0 fully saturated rings. The van der Waals surface area contributed by atoms with Crippen molar-refractivity contribution in [2.45, 2.75) is 13.5 Å². The van der Waals surface area contributed by atoms with Crippen LogP contribution in [0, 0.1) is 6.92 Å². The predicted octanol–water partition coefficient (Wildman–Crippen LogP) is 3.40. The largest absolute Gasteiger partial charge is 0.493 e. The second-order valence-corrected chi connectivity index (χ2v) is 5.83. The van der Waals surface area contributed by atoms with Crippen LogP contribution in [0.4, 0.5) is 0 Å². The number of aryl methyl sites for hydroxylation is 1. The van der Waals surface area contributed by atoms with Crippen molar-refractivity contribution in [3.8, 4) is 11.5 Å². The molecule has 0 aromatic heterocycles. The number of methoxy groups -OCH3 is 1. The number of nitrogens with two attached hydrogens (primary N) is 1. The fourth-order valence-corrected chi connectivity index (χ4v) is 2.37. The Labute approximate surface area is 151 Å². The number of ether oxygens (including phenoxy) is 2. The van der Waals surface area contributed by atoms with Gasteiger partial charge in [-0.15, -0.1) is 0 Å². The summed E-state index contributed by atoms with van der Waals surface area (Å²) in [5, 5.41) is 4.41. The molecular weight excluding hydrogens is 346 g/mol.